The van der Waals surface area contributed by atoms with Crippen molar-refractivity contribution in [2.45, 2.75) is 77.7 Å². The van der Waals surface area contributed by atoms with Gasteiger partial charge in [-0.1, -0.05) is 46.0 Å². The molecule has 4 N–H and O–H groups in total. The first kappa shape index (κ1) is 23.9. The number of carboxylic acids is 2. The predicted molar refractivity (Wildman–Crippen MR) is 104 cm³/mol. The van der Waals surface area contributed by atoms with Crippen LogP contribution in [0.15, 0.2) is 0 Å². The molecule has 0 aliphatic heterocycles. The summed E-state index contributed by atoms with van der Waals surface area (Å²) < 4.78 is 0. The predicted octanol–water partition coefficient (Wildman–Crippen LogP) is 2.17. The Morgan fingerprint density at radius 2 is 1.68 bits per heavy atom. The Morgan fingerprint density at radius 3 is 2.21 bits per heavy atom. The van der Waals surface area contributed by atoms with Gasteiger partial charge in [0.2, 0.25) is 11.8 Å². The molecule has 0 spiro atoms. The van der Waals surface area contributed by atoms with Crippen LogP contribution in [0.3, 0.4) is 0 Å². The van der Waals surface area contributed by atoms with Gasteiger partial charge in [-0.15, -0.1) is 0 Å². The van der Waals surface area contributed by atoms with Gasteiger partial charge in [-0.3, -0.25) is 14.4 Å². The van der Waals surface area contributed by atoms with E-state index < -0.39 is 29.8 Å². The SMILES string of the molecule is CC(C)CC(CC(=O)O)C(=O)NCCC(=O)N[C@@H](CC1CCCCC1)C(=O)O. The van der Waals surface area contributed by atoms with Crippen LogP contribution < -0.4 is 10.6 Å². The highest BCUT2D eigenvalue weighted by atomic mass is 16.4. The fourth-order valence-corrected chi connectivity index (χ4v) is 3.75. The van der Waals surface area contributed by atoms with Crippen molar-refractivity contribution in [1.29, 1.82) is 0 Å². The number of nitrogens with one attached hydrogen (secondary N) is 2. The van der Waals surface area contributed by atoms with Crippen LogP contribution in [0.5, 0.6) is 0 Å². The maximum Gasteiger partial charge on any atom is 0.326 e. The Balaban J connectivity index is 2.42. The smallest absolute Gasteiger partial charge is 0.326 e. The van der Waals surface area contributed by atoms with E-state index in [-0.39, 0.29) is 31.2 Å². The number of carbonyl (C=O) groups is 4. The summed E-state index contributed by atoms with van der Waals surface area (Å²) in [6, 6.07) is -0.910. The molecule has 1 aliphatic rings. The van der Waals surface area contributed by atoms with Gasteiger partial charge in [0.05, 0.1) is 6.42 Å². The topological polar surface area (TPSA) is 133 Å². The van der Waals surface area contributed by atoms with Crippen LogP contribution in [0, 0.1) is 17.8 Å². The van der Waals surface area contributed by atoms with Crippen LogP contribution in [-0.2, 0) is 19.2 Å². The third kappa shape index (κ3) is 9.71. The summed E-state index contributed by atoms with van der Waals surface area (Å²) in [6.45, 7) is 3.87. The Labute approximate surface area is 166 Å². The highest BCUT2D eigenvalue weighted by molar-refractivity contribution is 5.85. The van der Waals surface area contributed by atoms with Crippen molar-refractivity contribution in [2.75, 3.05) is 6.54 Å². The van der Waals surface area contributed by atoms with Gasteiger partial charge in [0.25, 0.3) is 0 Å². The molecule has 0 radical (unpaired) electrons. The summed E-state index contributed by atoms with van der Waals surface area (Å²) in [7, 11) is 0. The van der Waals surface area contributed by atoms with Gasteiger partial charge in [0.1, 0.15) is 6.04 Å². The van der Waals surface area contributed by atoms with Gasteiger partial charge < -0.3 is 20.8 Å². The summed E-state index contributed by atoms with van der Waals surface area (Å²) in [5, 5.41) is 23.5. The highest BCUT2D eigenvalue weighted by Crippen LogP contribution is 2.27. The Kier molecular flexibility index (Phi) is 10.6. The lowest BCUT2D eigenvalue weighted by atomic mass is 9.85. The second-order valence-corrected chi connectivity index (χ2v) is 8.16. The zero-order valence-corrected chi connectivity index (χ0v) is 16.9. The Bertz CT molecular complexity index is 543. The lowest BCUT2D eigenvalue weighted by Gasteiger charge is -2.25. The van der Waals surface area contributed by atoms with Crippen molar-refractivity contribution in [3.05, 3.63) is 0 Å². The van der Waals surface area contributed by atoms with Gasteiger partial charge in [-0.25, -0.2) is 4.79 Å². The first-order valence-corrected chi connectivity index (χ1v) is 10.2. The molecule has 1 rings (SSSR count). The van der Waals surface area contributed by atoms with E-state index in [1.807, 2.05) is 13.8 Å². The van der Waals surface area contributed by atoms with E-state index in [2.05, 4.69) is 10.6 Å². The molecule has 0 saturated heterocycles. The minimum Gasteiger partial charge on any atom is -0.481 e. The lowest BCUT2D eigenvalue weighted by molar-refractivity contribution is -0.142. The molecule has 0 aromatic rings. The molecule has 1 unspecified atom stereocenters. The first-order valence-electron chi connectivity index (χ1n) is 10.2. The van der Waals surface area contributed by atoms with Crippen molar-refractivity contribution < 1.29 is 29.4 Å². The number of aliphatic carboxylic acids is 2. The van der Waals surface area contributed by atoms with E-state index in [9.17, 15) is 24.3 Å². The molecule has 8 heteroatoms. The molecule has 160 valence electrons. The molecule has 28 heavy (non-hydrogen) atoms. The molecule has 1 saturated carbocycles. The number of rotatable bonds is 12. The van der Waals surface area contributed by atoms with E-state index in [4.69, 9.17) is 5.11 Å². The minimum absolute atomic E-state index is 0.0400. The summed E-state index contributed by atoms with van der Waals surface area (Å²) >= 11 is 0. The molecule has 8 nitrogen and oxygen atoms in total. The van der Waals surface area contributed by atoms with Gasteiger partial charge in [0.15, 0.2) is 0 Å². The molecule has 2 atom stereocenters. The van der Waals surface area contributed by atoms with Crippen LogP contribution in [0.25, 0.3) is 0 Å². The average molecular weight is 399 g/mol. The third-order valence-corrected chi connectivity index (χ3v) is 5.13. The summed E-state index contributed by atoms with van der Waals surface area (Å²) in [5.41, 5.74) is 0. The van der Waals surface area contributed by atoms with Crippen molar-refractivity contribution in [3.8, 4) is 0 Å². The number of hydrogen-bond donors (Lipinski definition) is 4. The largest absolute Gasteiger partial charge is 0.481 e. The maximum atomic E-state index is 12.2. The van der Waals surface area contributed by atoms with Crippen molar-refractivity contribution in [1.82, 2.24) is 10.6 Å². The van der Waals surface area contributed by atoms with Gasteiger partial charge >= 0.3 is 11.9 Å². The van der Waals surface area contributed by atoms with Crippen molar-refractivity contribution in [2.24, 2.45) is 17.8 Å². The number of carboxylic acid groups (broad SMARTS) is 2. The normalized spacial score (nSPS) is 17.0. The summed E-state index contributed by atoms with van der Waals surface area (Å²) in [6.07, 6.45) is 5.97. The molecule has 0 aromatic heterocycles. The van der Waals surface area contributed by atoms with Crippen LogP contribution in [0.2, 0.25) is 0 Å². The van der Waals surface area contributed by atoms with Gasteiger partial charge in [0, 0.05) is 18.9 Å². The lowest BCUT2D eigenvalue weighted by Crippen LogP contribution is -2.43. The highest BCUT2D eigenvalue weighted by Gasteiger charge is 2.26. The molecule has 0 bridgehead atoms. The van der Waals surface area contributed by atoms with Crippen LogP contribution in [0.1, 0.15) is 71.6 Å². The van der Waals surface area contributed by atoms with E-state index in [1.165, 1.54) is 6.42 Å². The fraction of sp³-hybridized carbons (Fsp3) is 0.800. The molecule has 1 fully saturated rings. The molecular formula is C20H34N2O6. The summed E-state index contributed by atoms with van der Waals surface area (Å²) in [4.78, 5) is 46.6. The van der Waals surface area contributed by atoms with Crippen molar-refractivity contribution in [3.63, 3.8) is 0 Å². The molecule has 1 aliphatic carbocycles. The number of amides is 2. The first-order chi connectivity index (χ1) is 13.2. The molecule has 0 heterocycles. The van der Waals surface area contributed by atoms with Crippen molar-refractivity contribution >= 4 is 23.8 Å². The van der Waals surface area contributed by atoms with Gasteiger partial charge in [-0.05, 0) is 24.7 Å². The fourth-order valence-electron chi connectivity index (χ4n) is 3.75. The van der Waals surface area contributed by atoms with E-state index >= 15 is 0 Å². The molecule has 0 aromatic carbocycles. The third-order valence-electron chi connectivity index (χ3n) is 5.13. The quantitative estimate of drug-likeness (QED) is 0.398. The second-order valence-electron chi connectivity index (χ2n) is 8.16. The zero-order valence-electron chi connectivity index (χ0n) is 16.9. The van der Waals surface area contributed by atoms with Crippen LogP contribution in [0.4, 0.5) is 0 Å². The monoisotopic (exact) mass is 398 g/mol. The summed E-state index contributed by atoms with van der Waals surface area (Å²) in [5.74, 6) is -3.04. The standard InChI is InChI=1S/C20H34N2O6/c1-13(2)10-15(12-18(24)25)19(26)21-9-8-17(23)22-16(20(27)28)11-14-6-4-3-5-7-14/h13-16H,3-12H2,1-2H3,(H,21,26)(H,22,23)(H,24,25)(H,27,28)/t15?,16-/m0/s1. The van der Waals surface area contributed by atoms with Gasteiger partial charge in [-0.2, -0.15) is 0 Å². The zero-order chi connectivity index (χ0) is 21.1. The minimum atomic E-state index is -1.04. The Morgan fingerprint density at radius 1 is 1.04 bits per heavy atom. The second kappa shape index (κ2) is 12.4. The average Bonchev–Trinajstić information content (AvgIpc) is 2.60. The van der Waals surface area contributed by atoms with E-state index in [0.29, 0.717) is 18.8 Å². The van der Waals surface area contributed by atoms with Crippen LogP contribution in [-0.4, -0.2) is 46.6 Å². The van der Waals surface area contributed by atoms with Crippen LogP contribution >= 0.6 is 0 Å². The number of hydrogen-bond acceptors (Lipinski definition) is 4. The van der Waals surface area contributed by atoms with E-state index in [1.54, 1.807) is 0 Å². The Hall–Kier alpha value is -2.12. The molecule has 2 amide bonds. The van der Waals surface area contributed by atoms with E-state index in [0.717, 1.165) is 25.7 Å². The molecular weight excluding hydrogens is 364 g/mol. The number of carbonyl (C=O) groups excluding carboxylic acids is 2. The maximum absolute atomic E-state index is 12.2.